The molecule has 0 N–H and O–H groups in total. The summed E-state index contributed by atoms with van der Waals surface area (Å²) in [6.45, 7) is 3.04. The maximum atomic E-state index is 5.31. The molecule has 0 bridgehead atoms. The molecule has 1 aromatic heterocycles. The fraction of sp³-hybridized carbons (Fsp3) is 0.846. The Balaban J connectivity index is 1.85. The van der Waals surface area contributed by atoms with Crippen LogP contribution in [0.4, 0.5) is 0 Å². The third-order valence-electron chi connectivity index (χ3n) is 3.66. The summed E-state index contributed by atoms with van der Waals surface area (Å²) in [7, 11) is 4.35. The Morgan fingerprint density at radius 2 is 2.21 bits per heavy atom. The number of hydrogen-bond acceptors (Lipinski definition) is 6. The molecule has 0 spiro atoms. The Bertz CT molecular complexity index is 382. The van der Waals surface area contributed by atoms with E-state index in [0.717, 1.165) is 37.1 Å². The normalized spacial score (nSPS) is 21.8. The van der Waals surface area contributed by atoms with Gasteiger partial charge in [-0.15, -0.1) is 0 Å². The van der Waals surface area contributed by atoms with E-state index in [0.29, 0.717) is 6.04 Å². The molecule has 2 rings (SSSR count). The molecule has 108 valence electrons. The van der Waals surface area contributed by atoms with Crippen LogP contribution in [0, 0.1) is 0 Å². The second-order valence-corrected chi connectivity index (χ2v) is 6.23. The van der Waals surface area contributed by atoms with Crippen molar-refractivity contribution in [1.29, 1.82) is 0 Å². The van der Waals surface area contributed by atoms with Crippen molar-refractivity contribution in [3.8, 4) is 0 Å². The second kappa shape index (κ2) is 7.26. The lowest BCUT2D eigenvalue weighted by atomic mass is 10.1. The van der Waals surface area contributed by atoms with Gasteiger partial charge in [-0.05, 0) is 46.2 Å². The molecule has 0 aromatic carbocycles. The Kier molecular flexibility index (Phi) is 5.66. The summed E-state index contributed by atoms with van der Waals surface area (Å²) >= 11 is 1.72. The summed E-state index contributed by atoms with van der Waals surface area (Å²) < 4.78 is 5.31. The van der Waals surface area contributed by atoms with Crippen molar-refractivity contribution in [2.45, 2.75) is 37.6 Å². The monoisotopic (exact) mass is 284 g/mol. The summed E-state index contributed by atoms with van der Waals surface area (Å²) in [6, 6.07) is 0.708. The average molecular weight is 284 g/mol. The van der Waals surface area contributed by atoms with Crippen LogP contribution in [-0.2, 0) is 12.3 Å². The van der Waals surface area contributed by atoms with Gasteiger partial charge in [-0.3, -0.25) is 4.90 Å². The van der Waals surface area contributed by atoms with Crippen LogP contribution in [-0.4, -0.2) is 59.4 Å². The van der Waals surface area contributed by atoms with Gasteiger partial charge >= 0.3 is 0 Å². The van der Waals surface area contributed by atoms with Crippen molar-refractivity contribution >= 4 is 11.8 Å². The predicted octanol–water partition coefficient (Wildman–Crippen LogP) is 1.85. The van der Waals surface area contributed by atoms with Gasteiger partial charge in [0.05, 0.1) is 12.3 Å². The van der Waals surface area contributed by atoms with Gasteiger partial charge in [0, 0.05) is 12.6 Å². The van der Waals surface area contributed by atoms with Crippen LogP contribution in [0.5, 0.6) is 0 Å². The minimum Gasteiger partial charge on any atom is -0.338 e. The van der Waals surface area contributed by atoms with E-state index >= 15 is 0 Å². The fourth-order valence-electron chi connectivity index (χ4n) is 2.55. The maximum absolute atomic E-state index is 5.31. The number of rotatable bonds is 5. The summed E-state index contributed by atoms with van der Waals surface area (Å²) in [5.74, 6) is 2.39. The Labute approximate surface area is 119 Å². The molecule has 1 aromatic rings. The van der Waals surface area contributed by atoms with Crippen LogP contribution in [0.15, 0.2) is 4.52 Å². The smallest absolute Gasteiger partial charge is 0.240 e. The highest BCUT2D eigenvalue weighted by Gasteiger charge is 2.19. The van der Waals surface area contributed by atoms with Crippen molar-refractivity contribution < 1.29 is 4.52 Å². The van der Waals surface area contributed by atoms with E-state index < -0.39 is 0 Å². The highest BCUT2D eigenvalue weighted by Crippen LogP contribution is 2.16. The van der Waals surface area contributed by atoms with E-state index in [1.54, 1.807) is 11.8 Å². The largest absolute Gasteiger partial charge is 0.338 e. The lowest BCUT2D eigenvalue weighted by Crippen LogP contribution is -2.30. The van der Waals surface area contributed by atoms with Crippen LogP contribution in [0.25, 0.3) is 0 Å². The van der Waals surface area contributed by atoms with E-state index in [2.05, 4.69) is 34.0 Å². The first-order valence-electron chi connectivity index (χ1n) is 6.88. The van der Waals surface area contributed by atoms with E-state index in [-0.39, 0.29) is 0 Å². The molecule has 1 atom stereocenters. The van der Waals surface area contributed by atoms with Gasteiger partial charge in [0.15, 0.2) is 5.82 Å². The Morgan fingerprint density at radius 1 is 1.37 bits per heavy atom. The Hall–Kier alpha value is -0.590. The molecule has 0 radical (unpaired) electrons. The van der Waals surface area contributed by atoms with Crippen LogP contribution in [0.1, 0.15) is 31.0 Å². The molecule has 0 saturated carbocycles. The van der Waals surface area contributed by atoms with E-state index in [1.807, 2.05) is 6.26 Å². The van der Waals surface area contributed by atoms with Gasteiger partial charge in [-0.25, -0.2) is 0 Å². The summed E-state index contributed by atoms with van der Waals surface area (Å²) in [5.41, 5.74) is 0. The first-order chi connectivity index (χ1) is 9.19. The molecule has 19 heavy (non-hydrogen) atoms. The van der Waals surface area contributed by atoms with E-state index in [1.165, 1.54) is 19.3 Å². The third-order valence-corrected chi connectivity index (χ3v) is 4.21. The van der Waals surface area contributed by atoms with E-state index in [4.69, 9.17) is 4.52 Å². The van der Waals surface area contributed by atoms with Crippen molar-refractivity contribution in [3.05, 3.63) is 11.7 Å². The summed E-state index contributed by atoms with van der Waals surface area (Å²) in [4.78, 5) is 9.20. The molecular formula is C13H24N4OS. The standard InChI is InChI=1S/C13H24N4OS/c1-16(2)11-5-4-7-17(8-6-11)9-13-14-12(10-19-3)15-18-13/h11H,4-10H2,1-3H3/t11-/m1/s1. The minimum absolute atomic E-state index is 0.708. The SMILES string of the molecule is CSCc1noc(CN2CCC[C@@H](N(C)C)CC2)n1. The van der Waals surface area contributed by atoms with Crippen molar-refractivity contribution in [3.63, 3.8) is 0 Å². The summed E-state index contributed by atoms with van der Waals surface area (Å²) in [5, 5.41) is 4.00. The molecule has 0 amide bonds. The first kappa shape index (κ1) is 14.8. The van der Waals surface area contributed by atoms with Crippen LogP contribution in [0.3, 0.4) is 0 Å². The fourth-order valence-corrected chi connectivity index (χ4v) is 2.92. The molecule has 1 fully saturated rings. The van der Waals surface area contributed by atoms with Crippen molar-refractivity contribution in [2.24, 2.45) is 0 Å². The van der Waals surface area contributed by atoms with Crippen LogP contribution in [0.2, 0.25) is 0 Å². The van der Waals surface area contributed by atoms with Crippen LogP contribution >= 0.6 is 11.8 Å². The first-order valence-corrected chi connectivity index (χ1v) is 8.27. The molecule has 1 aliphatic heterocycles. The molecular weight excluding hydrogens is 260 g/mol. The molecule has 1 aliphatic rings. The number of thioether (sulfide) groups is 1. The number of likely N-dealkylation sites (tertiary alicyclic amines) is 1. The lowest BCUT2D eigenvalue weighted by molar-refractivity contribution is 0.221. The molecule has 1 saturated heterocycles. The van der Waals surface area contributed by atoms with Gasteiger partial charge in [-0.1, -0.05) is 5.16 Å². The molecule has 5 nitrogen and oxygen atoms in total. The quantitative estimate of drug-likeness (QED) is 0.822. The maximum Gasteiger partial charge on any atom is 0.240 e. The van der Waals surface area contributed by atoms with Crippen LogP contribution < -0.4 is 0 Å². The number of nitrogens with zero attached hydrogens (tertiary/aromatic N) is 4. The highest BCUT2D eigenvalue weighted by atomic mass is 32.2. The van der Waals surface area contributed by atoms with E-state index in [9.17, 15) is 0 Å². The zero-order chi connectivity index (χ0) is 13.7. The molecule has 0 aliphatic carbocycles. The zero-order valence-corrected chi connectivity index (χ0v) is 12.9. The third kappa shape index (κ3) is 4.47. The van der Waals surface area contributed by atoms with Crippen molar-refractivity contribution in [2.75, 3.05) is 33.4 Å². The lowest BCUT2D eigenvalue weighted by Gasteiger charge is -2.22. The van der Waals surface area contributed by atoms with Gasteiger partial charge in [0.25, 0.3) is 0 Å². The molecule has 6 heteroatoms. The van der Waals surface area contributed by atoms with Crippen molar-refractivity contribution in [1.82, 2.24) is 19.9 Å². The number of hydrogen-bond donors (Lipinski definition) is 0. The zero-order valence-electron chi connectivity index (χ0n) is 12.1. The van der Waals surface area contributed by atoms with Gasteiger partial charge in [0.1, 0.15) is 0 Å². The highest BCUT2D eigenvalue weighted by molar-refractivity contribution is 7.97. The predicted molar refractivity (Wildman–Crippen MR) is 78.1 cm³/mol. The second-order valence-electron chi connectivity index (χ2n) is 5.36. The van der Waals surface area contributed by atoms with Gasteiger partial charge < -0.3 is 9.42 Å². The summed E-state index contributed by atoms with van der Waals surface area (Å²) in [6.07, 6.45) is 5.80. The van der Waals surface area contributed by atoms with Gasteiger partial charge in [-0.2, -0.15) is 16.7 Å². The van der Waals surface area contributed by atoms with Gasteiger partial charge in [0.2, 0.25) is 5.89 Å². The minimum atomic E-state index is 0.708. The topological polar surface area (TPSA) is 45.4 Å². The Morgan fingerprint density at radius 3 is 2.95 bits per heavy atom. The number of aromatic nitrogens is 2. The average Bonchev–Trinajstić information content (AvgIpc) is 2.67. The molecule has 2 heterocycles. The molecule has 0 unspecified atom stereocenters.